The molecule has 2 rings (SSSR count). The molecular formula is C12H8F2N2S. The monoisotopic (exact) mass is 250 g/mol. The second kappa shape index (κ2) is 4.15. The Kier molecular flexibility index (Phi) is 2.82. The van der Waals surface area contributed by atoms with Gasteiger partial charge in [0.1, 0.15) is 5.82 Å². The molecule has 0 aliphatic carbocycles. The number of nitrogen functional groups attached to an aromatic ring is 1. The summed E-state index contributed by atoms with van der Waals surface area (Å²) in [6.45, 7) is 1.72. The molecule has 0 spiro atoms. The van der Waals surface area contributed by atoms with E-state index in [0.717, 1.165) is 5.38 Å². The van der Waals surface area contributed by atoms with Gasteiger partial charge >= 0.3 is 0 Å². The van der Waals surface area contributed by atoms with E-state index in [1.54, 1.807) is 13.0 Å². The van der Waals surface area contributed by atoms with Crippen LogP contribution < -0.4 is 5.73 Å². The highest BCUT2D eigenvalue weighted by molar-refractivity contribution is 7.08. The molecule has 0 saturated heterocycles. The zero-order valence-corrected chi connectivity index (χ0v) is 9.74. The lowest BCUT2D eigenvalue weighted by Gasteiger charge is -2.07. The van der Waals surface area contributed by atoms with E-state index in [4.69, 9.17) is 11.0 Å². The van der Waals surface area contributed by atoms with Crippen LogP contribution >= 0.6 is 11.3 Å². The first-order valence-corrected chi connectivity index (χ1v) is 5.65. The molecule has 0 amide bonds. The van der Waals surface area contributed by atoms with Crippen LogP contribution in [0.25, 0.3) is 11.1 Å². The van der Waals surface area contributed by atoms with E-state index in [1.807, 2.05) is 6.07 Å². The van der Waals surface area contributed by atoms with Crippen molar-refractivity contribution in [3.05, 3.63) is 39.6 Å². The summed E-state index contributed by atoms with van der Waals surface area (Å²) in [5.74, 6) is -0.660. The van der Waals surface area contributed by atoms with Crippen LogP contribution in [0.1, 0.15) is 11.1 Å². The molecule has 0 saturated carbocycles. The molecular weight excluding hydrogens is 242 g/mol. The Labute approximate surface area is 101 Å². The third-order valence-corrected chi connectivity index (χ3v) is 3.22. The topological polar surface area (TPSA) is 49.8 Å². The molecule has 0 fully saturated rings. The Morgan fingerprint density at radius 2 is 2.06 bits per heavy atom. The van der Waals surface area contributed by atoms with Crippen LogP contribution in [0.4, 0.5) is 14.5 Å². The van der Waals surface area contributed by atoms with Crippen molar-refractivity contribution < 1.29 is 8.78 Å². The van der Waals surface area contributed by atoms with Gasteiger partial charge in [0, 0.05) is 16.6 Å². The van der Waals surface area contributed by atoms with E-state index in [2.05, 4.69) is 0 Å². The number of hydrogen-bond acceptors (Lipinski definition) is 3. The summed E-state index contributed by atoms with van der Waals surface area (Å²) in [4.78, 5) is 0. The minimum atomic E-state index is -0.660. The van der Waals surface area contributed by atoms with E-state index >= 15 is 0 Å². The van der Waals surface area contributed by atoms with Gasteiger partial charge in [0.05, 0.1) is 17.2 Å². The quantitative estimate of drug-likeness (QED) is 0.788. The standard InChI is InChI=1S/C12H8F2N2S/c1-6-2-10(16)8(3-7(6)4-15)11-9(13)5-17-12(11)14/h2-3,5H,16H2,1H3. The van der Waals surface area contributed by atoms with Crippen LogP contribution in [0, 0.1) is 29.2 Å². The Morgan fingerprint density at radius 1 is 1.35 bits per heavy atom. The average Bonchev–Trinajstić information content (AvgIpc) is 2.60. The molecule has 1 aromatic heterocycles. The smallest absolute Gasteiger partial charge is 0.187 e. The van der Waals surface area contributed by atoms with Crippen molar-refractivity contribution in [2.45, 2.75) is 6.92 Å². The lowest BCUT2D eigenvalue weighted by molar-refractivity contribution is 0.615. The number of aryl methyl sites for hydroxylation is 1. The van der Waals surface area contributed by atoms with E-state index in [0.29, 0.717) is 22.5 Å². The summed E-state index contributed by atoms with van der Waals surface area (Å²) in [7, 11) is 0. The maximum absolute atomic E-state index is 13.5. The predicted octanol–water partition coefficient (Wildman–Crippen LogP) is 3.46. The zero-order valence-electron chi connectivity index (χ0n) is 8.92. The molecule has 0 bridgehead atoms. The fraction of sp³-hybridized carbons (Fsp3) is 0.0833. The fourth-order valence-electron chi connectivity index (χ4n) is 1.62. The van der Waals surface area contributed by atoms with Gasteiger partial charge < -0.3 is 5.73 Å². The number of nitriles is 1. The molecule has 5 heteroatoms. The minimum absolute atomic E-state index is 0.163. The van der Waals surface area contributed by atoms with Crippen LogP contribution in [0.15, 0.2) is 17.5 Å². The summed E-state index contributed by atoms with van der Waals surface area (Å²) < 4.78 is 26.9. The molecule has 2 N–H and O–H groups in total. The number of nitrogens with two attached hydrogens (primary N) is 1. The molecule has 0 aliphatic rings. The maximum Gasteiger partial charge on any atom is 0.187 e. The largest absolute Gasteiger partial charge is 0.398 e. The molecule has 1 aromatic carbocycles. The van der Waals surface area contributed by atoms with Crippen LogP contribution in [0.5, 0.6) is 0 Å². The molecule has 1 heterocycles. The third-order valence-electron chi connectivity index (χ3n) is 2.49. The highest BCUT2D eigenvalue weighted by Gasteiger charge is 2.17. The zero-order chi connectivity index (χ0) is 12.6. The highest BCUT2D eigenvalue weighted by atomic mass is 32.1. The van der Waals surface area contributed by atoms with Crippen molar-refractivity contribution in [1.82, 2.24) is 0 Å². The maximum atomic E-state index is 13.5. The second-order valence-electron chi connectivity index (χ2n) is 3.60. The number of benzene rings is 1. The van der Waals surface area contributed by atoms with Crippen LogP contribution in [0.3, 0.4) is 0 Å². The van der Waals surface area contributed by atoms with Crippen LogP contribution in [-0.4, -0.2) is 0 Å². The van der Waals surface area contributed by atoms with Crippen molar-refractivity contribution in [3.63, 3.8) is 0 Å². The van der Waals surface area contributed by atoms with Gasteiger partial charge in [0.2, 0.25) is 0 Å². The molecule has 0 radical (unpaired) electrons. The molecule has 2 aromatic rings. The molecule has 2 nitrogen and oxygen atoms in total. The van der Waals surface area contributed by atoms with Crippen molar-refractivity contribution in [2.75, 3.05) is 5.73 Å². The highest BCUT2D eigenvalue weighted by Crippen LogP contribution is 2.35. The van der Waals surface area contributed by atoms with E-state index in [9.17, 15) is 8.78 Å². The summed E-state index contributed by atoms with van der Waals surface area (Å²) in [6.07, 6.45) is 0. The van der Waals surface area contributed by atoms with Gasteiger partial charge in [-0.2, -0.15) is 9.65 Å². The molecule has 0 atom stereocenters. The Morgan fingerprint density at radius 3 is 2.59 bits per heavy atom. The van der Waals surface area contributed by atoms with E-state index in [1.165, 1.54) is 6.07 Å². The number of thiophene rings is 1. The molecule has 0 aliphatic heterocycles. The number of rotatable bonds is 1. The van der Waals surface area contributed by atoms with Gasteiger partial charge in [0.25, 0.3) is 0 Å². The Balaban J connectivity index is 2.73. The summed E-state index contributed by atoms with van der Waals surface area (Å²) in [5, 5.41) is 9.34. The number of anilines is 1. The van der Waals surface area contributed by atoms with Crippen molar-refractivity contribution in [1.29, 1.82) is 5.26 Å². The Hall–Kier alpha value is -1.93. The van der Waals surface area contributed by atoms with Gasteiger partial charge in [-0.3, -0.25) is 0 Å². The van der Waals surface area contributed by atoms with E-state index < -0.39 is 10.9 Å². The molecule has 0 unspecified atom stereocenters. The first-order valence-electron chi connectivity index (χ1n) is 4.77. The Bertz CT molecular complexity index is 607. The average molecular weight is 250 g/mol. The lowest BCUT2D eigenvalue weighted by Crippen LogP contribution is -1.95. The van der Waals surface area contributed by atoms with Gasteiger partial charge in [-0.05, 0) is 24.6 Å². The lowest BCUT2D eigenvalue weighted by atomic mass is 10.00. The normalized spacial score (nSPS) is 10.2. The van der Waals surface area contributed by atoms with Crippen molar-refractivity contribution >= 4 is 17.0 Å². The summed E-state index contributed by atoms with van der Waals surface area (Å²) in [5.41, 5.74) is 7.11. The summed E-state index contributed by atoms with van der Waals surface area (Å²) >= 11 is 0.672. The first-order chi connectivity index (χ1) is 8.04. The molecule has 17 heavy (non-hydrogen) atoms. The third kappa shape index (κ3) is 1.87. The predicted molar refractivity (Wildman–Crippen MR) is 63.5 cm³/mol. The number of hydrogen-bond donors (Lipinski definition) is 1. The van der Waals surface area contributed by atoms with Gasteiger partial charge in [-0.15, -0.1) is 11.3 Å². The van der Waals surface area contributed by atoms with Crippen molar-refractivity contribution in [3.8, 4) is 17.2 Å². The van der Waals surface area contributed by atoms with Crippen LogP contribution in [-0.2, 0) is 0 Å². The van der Waals surface area contributed by atoms with Crippen LogP contribution in [0.2, 0.25) is 0 Å². The summed E-state index contributed by atoms with van der Waals surface area (Å²) in [6, 6.07) is 4.93. The molecule has 86 valence electrons. The number of halogens is 2. The first kappa shape index (κ1) is 11.6. The SMILES string of the molecule is Cc1cc(N)c(-c2c(F)csc2F)cc1C#N. The van der Waals surface area contributed by atoms with Gasteiger partial charge in [0.15, 0.2) is 5.13 Å². The minimum Gasteiger partial charge on any atom is -0.398 e. The van der Waals surface area contributed by atoms with Gasteiger partial charge in [-0.1, -0.05) is 0 Å². The van der Waals surface area contributed by atoms with E-state index in [-0.39, 0.29) is 16.8 Å². The second-order valence-corrected chi connectivity index (χ2v) is 4.43. The number of nitrogens with zero attached hydrogens (tertiary/aromatic N) is 1. The van der Waals surface area contributed by atoms with Gasteiger partial charge in [-0.25, -0.2) is 4.39 Å². The fourth-order valence-corrected chi connectivity index (χ4v) is 2.27. The van der Waals surface area contributed by atoms with Crippen molar-refractivity contribution in [2.24, 2.45) is 0 Å².